The molecule has 0 aromatic heterocycles. The molecule has 0 heterocycles. The Balaban J connectivity index is -0.000000479. The average Bonchev–Trinajstić information content (AvgIpc) is 2.50. The molecular weight excluding hydrogens is 461 g/mol. The van der Waals surface area contributed by atoms with Crippen LogP contribution in [0.25, 0.3) is 0 Å². The second-order valence-electron chi connectivity index (χ2n) is 4.71. The summed E-state index contributed by atoms with van der Waals surface area (Å²) in [4.78, 5) is 0. The van der Waals surface area contributed by atoms with Crippen molar-refractivity contribution in [1.82, 2.24) is 0 Å². The molecule has 1 atom stereocenters. The van der Waals surface area contributed by atoms with Crippen LogP contribution in [-0.4, -0.2) is 51.4 Å². The lowest BCUT2D eigenvalue weighted by Crippen LogP contribution is -2.34. The van der Waals surface area contributed by atoms with Gasteiger partial charge in [0.05, 0.1) is 19.5 Å². The molecule has 1 unspecified atom stereocenters. The van der Waals surface area contributed by atoms with Crippen molar-refractivity contribution in [2.45, 2.75) is 50.7 Å². The molecule has 0 rings (SSSR count). The summed E-state index contributed by atoms with van der Waals surface area (Å²) < 4.78 is 177. The summed E-state index contributed by atoms with van der Waals surface area (Å²) in [5.41, 5.74) is 0. The molecule has 0 saturated heterocycles. The van der Waals surface area contributed by atoms with Gasteiger partial charge in [0.25, 0.3) is 0 Å². The van der Waals surface area contributed by atoms with E-state index in [4.69, 9.17) is 0 Å². The molecule has 17 heteroatoms. The number of halogens is 15. The highest BCUT2D eigenvalue weighted by molar-refractivity contribution is 4.71. The lowest BCUT2D eigenvalue weighted by atomic mass is 10.0. The second kappa shape index (κ2) is 12.5. The first-order valence-electron chi connectivity index (χ1n) is 6.88. The van der Waals surface area contributed by atoms with Gasteiger partial charge in [-0.05, 0) is 6.42 Å². The molecule has 180 valence electrons. The van der Waals surface area contributed by atoms with Gasteiger partial charge in [-0.1, -0.05) is 6.92 Å². The van der Waals surface area contributed by atoms with E-state index in [9.17, 15) is 65.9 Å². The van der Waals surface area contributed by atoms with E-state index in [1.807, 2.05) is 0 Å². The summed E-state index contributed by atoms with van der Waals surface area (Å²) in [6.45, 7) is -3.77. The Morgan fingerprint density at radius 2 is 1.14 bits per heavy atom. The van der Waals surface area contributed by atoms with Crippen LogP contribution in [0, 0.1) is 5.92 Å². The summed E-state index contributed by atoms with van der Waals surface area (Å²) in [6.07, 6.45) is -27.1. The van der Waals surface area contributed by atoms with E-state index in [0.29, 0.717) is 7.18 Å². The maximum atomic E-state index is 12.7. The molecule has 0 aromatic carbocycles. The smallest absolute Gasteiger partial charge is 0.311 e. The van der Waals surface area contributed by atoms with Gasteiger partial charge in [0, 0.05) is 0 Å². The third kappa shape index (κ3) is 21.4. The Labute approximate surface area is 153 Å². The highest BCUT2D eigenvalue weighted by Gasteiger charge is 2.47. The Hall–Kier alpha value is -1.13. The Morgan fingerprint density at radius 1 is 0.724 bits per heavy atom. The largest absolute Gasteiger partial charge is 0.527 e. The minimum Gasteiger partial charge on any atom is -0.311 e. The van der Waals surface area contributed by atoms with Crippen molar-refractivity contribution in [2.24, 2.45) is 5.92 Å². The quantitative estimate of drug-likeness (QED) is 0.376. The number of ether oxygens (including phenoxy) is 2. The van der Waals surface area contributed by atoms with Crippen LogP contribution in [0.1, 0.15) is 19.8 Å². The minimum absolute atomic E-state index is 0.500. The first kappa shape index (κ1) is 32.5. The number of hydrogen-bond donors (Lipinski definition) is 0. The summed E-state index contributed by atoms with van der Waals surface area (Å²) in [6, 6.07) is 0. The first-order valence-corrected chi connectivity index (χ1v) is 6.88. The monoisotopic (exact) mass is 476 g/mol. The van der Waals surface area contributed by atoms with Crippen molar-refractivity contribution in [1.29, 1.82) is 0 Å². The Bertz CT molecular complexity index is 413. The van der Waals surface area contributed by atoms with Gasteiger partial charge in [-0.3, -0.25) is 4.39 Å². The fraction of sp³-hybridized carbons (Fsp3) is 1.00. The van der Waals surface area contributed by atoms with E-state index in [1.165, 1.54) is 0 Å². The van der Waals surface area contributed by atoms with E-state index in [-0.39, 0.29) is 0 Å². The molecule has 0 aliphatic carbocycles. The van der Waals surface area contributed by atoms with Crippen molar-refractivity contribution in [2.75, 3.05) is 20.5 Å². The molecule has 0 amide bonds. The van der Waals surface area contributed by atoms with Gasteiger partial charge in [0.1, 0.15) is 6.61 Å². The molecule has 0 bridgehead atoms. The van der Waals surface area contributed by atoms with Gasteiger partial charge in [-0.15, -0.1) is 13.2 Å². The van der Waals surface area contributed by atoms with Crippen molar-refractivity contribution >= 4 is 0 Å². The third-order valence-electron chi connectivity index (χ3n) is 2.31. The van der Waals surface area contributed by atoms with Crippen LogP contribution in [0.4, 0.5) is 65.9 Å². The summed E-state index contributed by atoms with van der Waals surface area (Å²) in [5.74, 6) is -2.40. The van der Waals surface area contributed by atoms with Crippen LogP contribution in [0.15, 0.2) is 0 Å². The van der Waals surface area contributed by atoms with Crippen LogP contribution in [-0.2, 0) is 9.47 Å². The predicted molar refractivity (Wildman–Crippen MR) is 66.5 cm³/mol. The third-order valence-corrected chi connectivity index (χ3v) is 2.31. The van der Waals surface area contributed by atoms with Crippen LogP contribution in [0.3, 0.4) is 0 Å². The van der Waals surface area contributed by atoms with Gasteiger partial charge >= 0.3 is 30.9 Å². The normalized spacial score (nSPS) is 14.4. The lowest BCUT2D eigenvalue weighted by Gasteiger charge is -2.24. The Kier molecular flexibility index (Phi) is 14.1. The highest BCUT2D eigenvalue weighted by Crippen LogP contribution is 2.38. The molecule has 0 fully saturated rings. The van der Waals surface area contributed by atoms with E-state index in [1.54, 1.807) is 0 Å². The van der Waals surface area contributed by atoms with Gasteiger partial charge in [-0.25, -0.2) is 9.13 Å². The fourth-order valence-corrected chi connectivity index (χ4v) is 1.22. The molecule has 0 N–H and O–H groups in total. The Morgan fingerprint density at radius 3 is 1.34 bits per heavy atom. The van der Waals surface area contributed by atoms with Gasteiger partial charge in [-0.2, -0.15) is 43.9 Å². The fourth-order valence-electron chi connectivity index (χ4n) is 1.22. The number of rotatable bonds is 7. The van der Waals surface area contributed by atoms with Crippen LogP contribution < -0.4 is 0 Å². The van der Waals surface area contributed by atoms with Crippen molar-refractivity contribution in [3.8, 4) is 0 Å². The molecule has 0 radical (unpaired) electrons. The highest BCUT2D eigenvalue weighted by atomic mass is 19.4. The molecule has 29 heavy (non-hydrogen) atoms. The number of alkyl halides is 15. The summed E-state index contributed by atoms with van der Waals surface area (Å²) >= 11 is 0. The molecule has 0 aromatic rings. The molecule has 2 nitrogen and oxygen atoms in total. The zero-order chi connectivity index (χ0) is 24.3. The van der Waals surface area contributed by atoms with Crippen LogP contribution in [0.5, 0.6) is 0 Å². The predicted octanol–water partition coefficient (Wildman–Crippen LogP) is 6.81. The van der Waals surface area contributed by atoms with Gasteiger partial charge in [0.2, 0.25) is 0 Å². The molecule has 0 aliphatic rings. The topological polar surface area (TPSA) is 18.5 Å². The van der Waals surface area contributed by atoms with E-state index < -0.39 is 63.0 Å². The molecular formula is C12H15F15O2. The van der Waals surface area contributed by atoms with Gasteiger partial charge in [0.15, 0.2) is 6.67 Å². The zero-order valence-electron chi connectivity index (χ0n) is 14.4. The van der Waals surface area contributed by atoms with E-state index in [2.05, 4.69) is 9.47 Å². The first-order chi connectivity index (χ1) is 12.6. The maximum Gasteiger partial charge on any atom is 0.527 e. The van der Waals surface area contributed by atoms with Crippen molar-refractivity contribution in [3.63, 3.8) is 0 Å². The SMILES string of the molecule is CCC(CC(F)(F)OCC(F)(F)F)C(F)(F)F.CF.FCC(F)(F)OC(F)(F)F. The van der Waals surface area contributed by atoms with Crippen molar-refractivity contribution < 1.29 is 75.3 Å². The van der Waals surface area contributed by atoms with E-state index in [0.717, 1.165) is 6.92 Å². The molecule has 0 saturated carbocycles. The molecule has 0 spiro atoms. The van der Waals surface area contributed by atoms with Gasteiger partial charge < -0.3 is 4.74 Å². The standard InChI is InChI=1S/C8H10F8O.C3H2F6O.CH3F/c1-2-5(8(14,15)16)3-7(12,13)17-4-6(9,10)11;4-1-2(5,6)10-3(7,8)9;1-2/h5H,2-4H2,1H3;1H2;1H3. The van der Waals surface area contributed by atoms with E-state index >= 15 is 0 Å². The summed E-state index contributed by atoms with van der Waals surface area (Å²) in [5, 5.41) is 0. The van der Waals surface area contributed by atoms with Crippen LogP contribution >= 0.6 is 0 Å². The minimum atomic E-state index is -5.50. The maximum absolute atomic E-state index is 12.7. The zero-order valence-corrected chi connectivity index (χ0v) is 14.4. The lowest BCUT2D eigenvalue weighted by molar-refractivity contribution is -0.426. The summed E-state index contributed by atoms with van der Waals surface area (Å²) in [7, 11) is 0.500. The van der Waals surface area contributed by atoms with Crippen LogP contribution in [0.2, 0.25) is 0 Å². The number of hydrogen-bond acceptors (Lipinski definition) is 2. The van der Waals surface area contributed by atoms with Crippen molar-refractivity contribution in [3.05, 3.63) is 0 Å². The average molecular weight is 476 g/mol. The molecule has 0 aliphatic heterocycles. The second-order valence-corrected chi connectivity index (χ2v) is 4.71.